The standard InChI is InChI=1S/C19H17BrFNO3/c1-11-15-7-6-13(20)9-16(15)22(18(25-2)17(11)19(23)24)10-12-4-3-5-14(21)8-12/h3-9,11H,10H2,1-2H3,(H,23,24). The number of ether oxygens (including phenoxy) is 1. The second-order valence-electron chi connectivity index (χ2n) is 5.87. The van der Waals surface area contributed by atoms with E-state index in [0.717, 1.165) is 21.3 Å². The minimum absolute atomic E-state index is 0.189. The van der Waals surface area contributed by atoms with Crippen LogP contribution in [0.15, 0.2) is 58.4 Å². The molecule has 0 saturated carbocycles. The molecule has 6 heteroatoms. The Morgan fingerprint density at radius 1 is 1.32 bits per heavy atom. The predicted octanol–water partition coefficient (Wildman–Crippen LogP) is 4.65. The van der Waals surface area contributed by atoms with Crippen LogP contribution >= 0.6 is 15.9 Å². The number of fused-ring (bicyclic) bond motifs is 1. The maximum Gasteiger partial charge on any atom is 0.337 e. The molecule has 25 heavy (non-hydrogen) atoms. The van der Waals surface area contributed by atoms with Crippen LogP contribution in [0.5, 0.6) is 0 Å². The first-order valence-corrected chi connectivity index (χ1v) is 8.54. The summed E-state index contributed by atoms with van der Waals surface area (Å²) in [4.78, 5) is 13.6. The van der Waals surface area contributed by atoms with E-state index in [0.29, 0.717) is 6.54 Å². The van der Waals surface area contributed by atoms with Gasteiger partial charge in [-0.3, -0.25) is 0 Å². The summed E-state index contributed by atoms with van der Waals surface area (Å²) in [7, 11) is 1.45. The number of anilines is 1. The van der Waals surface area contributed by atoms with Gasteiger partial charge in [-0.1, -0.05) is 41.1 Å². The van der Waals surface area contributed by atoms with Gasteiger partial charge in [-0.25, -0.2) is 9.18 Å². The van der Waals surface area contributed by atoms with E-state index in [-0.39, 0.29) is 23.2 Å². The highest BCUT2D eigenvalue weighted by Gasteiger charge is 2.35. The Labute approximate surface area is 153 Å². The molecule has 3 rings (SSSR count). The molecule has 2 aromatic rings. The number of carbonyl (C=O) groups is 1. The lowest BCUT2D eigenvalue weighted by atomic mass is 9.88. The molecule has 0 radical (unpaired) electrons. The molecule has 4 nitrogen and oxygen atoms in total. The van der Waals surface area contributed by atoms with Crippen LogP contribution in [-0.4, -0.2) is 18.2 Å². The number of carboxylic acid groups (broad SMARTS) is 1. The third-order valence-corrected chi connectivity index (χ3v) is 4.81. The Hall–Kier alpha value is -2.34. The van der Waals surface area contributed by atoms with Crippen molar-refractivity contribution in [3.8, 4) is 0 Å². The highest BCUT2D eigenvalue weighted by Crippen LogP contribution is 2.43. The third-order valence-electron chi connectivity index (χ3n) is 4.31. The number of methoxy groups -OCH3 is 1. The lowest BCUT2D eigenvalue weighted by Gasteiger charge is -2.36. The summed E-state index contributed by atoms with van der Waals surface area (Å²) in [5, 5.41) is 9.68. The van der Waals surface area contributed by atoms with E-state index in [1.807, 2.05) is 25.1 Å². The fraction of sp³-hybridized carbons (Fsp3) is 0.211. The van der Waals surface area contributed by atoms with E-state index in [1.165, 1.54) is 19.2 Å². The highest BCUT2D eigenvalue weighted by atomic mass is 79.9. The van der Waals surface area contributed by atoms with Gasteiger partial charge in [0.15, 0.2) is 0 Å². The normalized spacial score (nSPS) is 16.6. The topological polar surface area (TPSA) is 49.8 Å². The van der Waals surface area contributed by atoms with Crippen molar-refractivity contribution in [3.63, 3.8) is 0 Å². The number of carboxylic acids is 1. The SMILES string of the molecule is COC1=C(C(=O)O)C(C)c2ccc(Br)cc2N1Cc1cccc(F)c1. The van der Waals surface area contributed by atoms with Crippen molar-refractivity contribution >= 4 is 27.6 Å². The fourth-order valence-electron chi connectivity index (χ4n) is 3.18. The van der Waals surface area contributed by atoms with E-state index < -0.39 is 5.97 Å². The van der Waals surface area contributed by atoms with Gasteiger partial charge >= 0.3 is 5.97 Å². The number of aliphatic carboxylic acids is 1. The molecule has 1 heterocycles. The first-order valence-electron chi connectivity index (χ1n) is 7.75. The van der Waals surface area contributed by atoms with Crippen LogP contribution in [0.1, 0.15) is 24.0 Å². The summed E-state index contributed by atoms with van der Waals surface area (Å²) in [6, 6.07) is 11.9. The summed E-state index contributed by atoms with van der Waals surface area (Å²) in [5.41, 5.74) is 2.64. The van der Waals surface area contributed by atoms with Crippen molar-refractivity contribution in [2.75, 3.05) is 12.0 Å². The number of hydrogen-bond donors (Lipinski definition) is 1. The molecule has 0 aromatic heterocycles. The van der Waals surface area contributed by atoms with Gasteiger partial charge in [-0.2, -0.15) is 0 Å². The molecule has 1 N–H and O–H groups in total. The van der Waals surface area contributed by atoms with E-state index in [2.05, 4.69) is 15.9 Å². The molecule has 0 fully saturated rings. The van der Waals surface area contributed by atoms with Crippen molar-refractivity contribution in [3.05, 3.63) is 75.3 Å². The minimum atomic E-state index is -1.03. The van der Waals surface area contributed by atoms with E-state index in [4.69, 9.17) is 4.74 Å². The zero-order chi connectivity index (χ0) is 18.1. The van der Waals surface area contributed by atoms with E-state index in [9.17, 15) is 14.3 Å². The molecular weight excluding hydrogens is 389 g/mol. The van der Waals surface area contributed by atoms with Crippen LogP contribution in [-0.2, 0) is 16.1 Å². The quantitative estimate of drug-likeness (QED) is 0.803. The Kier molecular flexibility index (Phi) is 4.81. The van der Waals surface area contributed by atoms with Gasteiger partial charge in [0.05, 0.1) is 13.7 Å². The predicted molar refractivity (Wildman–Crippen MR) is 96.8 cm³/mol. The molecule has 1 aliphatic heterocycles. The van der Waals surface area contributed by atoms with Crippen LogP contribution in [0.4, 0.5) is 10.1 Å². The summed E-state index contributed by atoms with van der Waals surface area (Å²) < 4.78 is 19.9. The summed E-state index contributed by atoms with van der Waals surface area (Å²) in [6.07, 6.45) is 0. The van der Waals surface area contributed by atoms with Gasteiger partial charge in [0.2, 0.25) is 5.88 Å². The molecule has 1 atom stereocenters. The Bertz CT molecular complexity index is 865. The van der Waals surface area contributed by atoms with Crippen molar-refractivity contribution in [2.45, 2.75) is 19.4 Å². The van der Waals surface area contributed by atoms with Gasteiger partial charge < -0.3 is 14.7 Å². The first-order chi connectivity index (χ1) is 11.9. The largest absolute Gasteiger partial charge is 0.482 e. The van der Waals surface area contributed by atoms with Crippen LogP contribution in [0.25, 0.3) is 0 Å². The molecule has 130 valence electrons. The number of halogens is 2. The number of benzene rings is 2. The van der Waals surface area contributed by atoms with Crippen molar-refractivity contribution < 1.29 is 19.0 Å². The number of nitrogens with zero attached hydrogens (tertiary/aromatic N) is 1. The summed E-state index contributed by atoms with van der Waals surface area (Å²) in [5.74, 6) is -1.41. The third kappa shape index (κ3) is 3.26. The molecule has 2 aromatic carbocycles. The molecule has 1 aliphatic rings. The fourth-order valence-corrected chi connectivity index (χ4v) is 3.53. The van der Waals surface area contributed by atoms with Gasteiger partial charge in [0, 0.05) is 16.1 Å². The van der Waals surface area contributed by atoms with Gasteiger partial charge in [-0.05, 0) is 35.4 Å². The van der Waals surface area contributed by atoms with Crippen molar-refractivity contribution in [1.82, 2.24) is 0 Å². The average molecular weight is 406 g/mol. The Morgan fingerprint density at radius 2 is 2.08 bits per heavy atom. The molecule has 0 bridgehead atoms. The van der Waals surface area contributed by atoms with Crippen LogP contribution in [0, 0.1) is 5.82 Å². The van der Waals surface area contributed by atoms with Gasteiger partial charge in [0.25, 0.3) is 0 Å². The smallest absolute Gasteiger partial charge is 0.337 e. The number of hydrogen-bond acceptors (Lipinski definition) is 3. The minimum Gasteiger partial charge on any atom is -0.482 e. The first kappa shape index (κ1) is 17.5. The summed E-state index contributed by atoms with van der Waals surface area (Å²) in [6.45, 7) is 2.14. The molecular formula is C19H17BrFNO3. The maximum atomic E-state index is 13.6. The average Bonchev–Trinajstić information content (AvgIpc) is 2.56. The second kappa shape index (κ2) is 6.88. The lowest BCUT2D eigenvalue weighted by molar-refractivity contribution is -0.133. The lowest BCUT2D eigenvalue weighted by Crippen LogP contribution is -2.32. The molecule has 0 spiro atoms. The van der Waals surface area contributed by atoms with E-state index in [1.54, 1.807) is 17.0 Å². The van der Waals surface area contributed by atoms with Crippen molar-refractivity contribution in [1.29, 1.82) is 0 Å². The molecule has 0 saturated heterocycles. The van der Waals surface area contributed by atoms with Crippen LogP contribution in [0.2, 0.25) is 0 Å². The van der Waals surface area contributed by atoms with Crippen LogP contribution in [0.3, 0.4) is 0 Å². The zero-order valence-corrected chi connectivity index (χ0v) is 15.4. The Morgan fingerprint density at radius 3 is 2.72 bits per heavy atom. The van der Waals surface area contributed by atoms with E-state index >= 15 is 0 Å². The van der Waals surface area contributed by atoms with Gasteiger partial charge in [0.1, 0.15) is 11.4 Å². The molecule has 0 aliphatic carbocycles. The number of rotatable bonds is 4. The molecule has 0 amide bonds. The highest BCUT2D eigenvalue weighted by molar-refractivity contribution is 9.10. The van der Waals surface area contributed by atoms with Crippen LogP contribution < -0.4 is 4.90 Å². The Balaban J connectivity index is 2.17. The second-order valence-corrected chi connectivity index (χ2v) is 6.78. The van der Waals surface area contributed by atoms with Gasteiger partial charge in [-0.15, -0.1) is 0 Å². The maximum absolute atomic E-state index is 13.6. The summed E-state index contributed by atoms with van der Waals surface area (Å²) >= 11 is 3.46. The van der Waals surface area contributed by atoms with Crippen molar-refractivity contribution in [2.24, 2.45) is 0 Å². The zero-order valence-electron chi connectivity index (χ0n) is 13.8. The molecule has 1 unspecified atom stereocenters. The monoisotopic (exact) mass is 405 g/mol.